The maximum Gasteiger partial charge on any atom is 0.257 e. The minimum atomic E-state index is -0.288. The Kier molecular flexibility index (Phi) is 7.01. The van der Waals surface area contributed by atoms with Crippen LogP contribution in [0.1, 0.15) is 29.9 Å². The van der Waals surface area contributed by atoms with Crippen LogP contribution in [0.15, 0.2) is 30.9 Å². The molecule has 8 nitrogen and oxygen atoms in total. The second-order valence-electron chi connectivity index (χ2n) is 6.17. The first-order valence-electron chi connectivity index (χ1n) is 9.43. The predicted octanol–water partition coefficient (Wildman–Crippen LogP) is 4.61. The Balaban J connectivity index is 1.85. The monoisotopic (exact) mass is 445 g/mol. The Labute approximate surface area is 183 Å². The second kappa shape index (κ2) is 9.68. The van der Waals surface area contributed by atoms with E-state index in [0.717, 1.165) is 10.6 Å². The lowest BCUT2D eigenvalue weighted by Gasteiger charge is -2.12. The quantitative estimate of drug-likeness (QED) is 0.369. The zero-order valence-electron chi connectivity index (χ0n) is 17.0. The lowest BCUT2D eigenvalue weighted by Crippen LogP contribution is -2.12. The van der Waals surface area contributed by atoms with E-state index in [4.69, 9.17) is 21.7 Å². The van der Waals surface area contributed by atoms with E-state index in [0.29, 0.717) is 52.5 Å². The summed E-state index contributed by atoms with van der Waals surface area (Å²) in [7, 11) is 0. The number of ether oxygens (including phenoxy) is 2. The molecule has 0 spiro atoms. The third-order valence-corrected chi connectivity index (χ3v) is 5.48. The summed E-state index contributed by atoms with van der Waals surface area (Å²) in [5.74, 6) is 1.51. The van der Waals surface area contributed by atoms with E-state index in [1.165, 1.54) is 11.3 Å². The zero-order chi connectivity index (χ0) is 21.7. The van der Waals surface area contributed by atoms with E-state index in [-0.39, 0.29) is 5.91 Å². The number of aromatic amines is 1. The molecule has 3 rings (SSSR count). The van der Waals surface area contributed by atoms with Crippen molar-refractivity contribution in [2.24, 2.45) is 0 Å². The molecule has 0 bridgehead atoms. The summed E-state index contributed by atoms with van der Waals surface area (Å²) in [6.07, 6.45) is 1.75. The minimum Gasteiger partial charge on any atom is -0.490 e. The molecule has 0 aliphatic rings. The van der Waals surface area contributed by atoms with Gasteiger partial charge in [0.15, 0.2) is 27.2 Å². The van der Waals surface area contributed by atoms with Crippen LogP contribution < -0.4 is 14.8 Å². The first-order valence-corrected chi connectivity index (χ1v) is 10.7. The molecule has 1 aromatic carbocycles. The van der Waals surface area contributed by atoms with Crippen LogP contribution >= 0.6 is 23.6 Å². The van der Waals surface area contributed by atoms with Gasteiger partial charge in [-0.3, -0.25) is 19.8 Å². The number of benzene rings is 1. The van der Waals surface area contributed by atoms with Crippen molar-refractivity contribution in [1.29, 1.82) is 0 Å². The fraction of sp³-hybridized carbons (Fsp3) is 0.300. The lowest BCUT2D eigenvalue weighted by atomic mass is 10.2. The topological polar surface area (TPSA) is 94.1 Å². The van der Waals surface area contributed by atoms with Gasteiger partial charge in [-0.1, -0.05) is 17.4 Å². The molecule has 0 radical (unpaired) electrons. The number of aryl methyl sites for hydroxylation is 1. The van der Waals surface area contributed by atoms with Crippen LogP contribution in [0.2, 0.25) is 0 Å². The third-order valence-electron chi connectivity index (χ3n) is 4.10. The second-order valence-corrected chi connectivity index (χ2v) is 7.55. The molecule has 0 unspecified atom stereocenters. The summed E-state index contributed by atoms with van der Waals surface area (Å²) in [6.45, 7) is 10.9. The van der Waals surface area contributed by atoms with E-state index in [1.54, 1.807) is 24.3 Å². The number of carbonyl (C=O) groups is 1. The van der Waals surface area contributed by atoms with Gasteiger partial charge in [0, 0.05) is 12.1 Å². The average Bonchev–Trinajstić information content (AvgIpc) is 3.26. The number of hydrogen-bond acceptors (Lipinski definition) is 7. The van der Waals surface area contributed by atoms with Gasteiger partial charge in [-0.15, -0.1) is 6.58 Å². The Morgan fingerprint density at radius 2 is 2.07 bits per heavy atom. The predicted molar refractivity (Wildman–Crippen MR) is 120 cm³/mol. The van der Waals surface area contributed by atoms with Crippen molar-refractivity contribution in [2.45, 2.75) is 27.3 Å². The van der Waals surface area contributed by atoms with Gasteiger partial charge in [0.1, 0.15) is 0 Å². The van der Waals surface area contributed by atoms with Crippen molar-refractivity contribution in [3.8, 4) is 22.2 Å². The van der Waals surface area contributed by atoms with Gasteiger partial charge in [-0.2, -0.15) is 5.10 Å². The number of rotatable bonds is 9. The van der Waals surface area contributed by atoms with Crippen LogP contribution in [0, 0.1) is 11.7 Å². The van der Waals surface area contributed by atoms with E-state index < -0.39 is 0 Å². The number of amides is 1. The molecule has 0 aliphatic carbocycles. The molecule has 0 atom stereocenters. The van der Waals surface area contributed by atoms with Gasteiger partial charge < -0.3 is 9.47 Å². The standard InChI is InChI=1S/C20H23N5O3S2/c1-5-10-25-17(23-24-20(25)29)16-12(4)21-19(30-16)22-18(26)13-8-9-14(27-6-2)15(11-13)28-7-3/h5,8-9,11H,1,6-7,10H2,2-4H3,(H,24,29)(H,21,22,26). The zero-order valence-corrected chi connectivity index (χ0v) is 18.7. The third kappa shape index (κ3) is 4.60. The largest absolute Gasteiger partial charge is 0.490 e. The summed E-state index contributed by atoms with van der Waals surface area (Å²) in [5.41, 5.74) is 1.20. The molecule has 2 N–H and O–H groups in total. The van der Waals surface area contributed by atoms with Gasteiger partial charge in [0.2, 0.25) is 0 Å². The Morgan fingerprint density at radius 3 is 2.77 bits per heavy atom. The van der Waals surface area contributed by atoms with Crippen LogP contribution in [0.5, 0.6) is 11.5 Å². The Morgan fingerprint density at radius 1 is 1.33 bits per heavy atom. The van der Waals surface area contributed by atoms with Crippen LogP contribution in [0.4, 0.5) is 5.13 Å². The molecule has 10 heteroatoms. The first-order chi connectivity index (χ1) is 14.5. The molecule has 1 amide bonds. The summed E-state index contributed by atoms with van der Waals surface area (Å²) in [5, 5.41) is 10.4. The number of anilines is 1. The van der Waals surface area contributed by atoms with Crippen molar-refractivity contribution in [1.82, 2.24) is 19.7 Å². The van der Waals surface area contributed by atoms with Crippen molar-refractivity contribution < 1.29 is 14.3 Å². The van der Waals surface area contributed by atoms with Crippen LogP contribution in [0.3, 0.4) is 0 Å². The van der Waals surface area contributed by atoms with Crippen LogP contribution in [-0.4, -0.2) is 38.9 Å². The molecule has 2 aromatic heterocycles. The fourth-order valence-corrected chi connectivity index (χ4v) is 3.98. The highest BCUT2D eigenvalue weighted by Gasteiger charge is 2.18. The molecule has 0 saturated heterocycles. The molecular formula is C20H23N5O3S2. The van der Waals surface area contributed by atoms with Crippen LogP contribution in [0.25, 0.3) is 10.7 Å². The van der Waals surface area contributed by atoms with E-state index in [9.17, 15) is 4.79 Å². The van der Waals surface area contributed by atoms with Gasteiger partial charge in [0.25, 0.3) is 5.91 Å². The number of thiazole rings is 1. The maximum absolute atomic E-state index is 12.8. The lowest BCUT2D eigenvalue weighted by molar-refractivity contribution is 0.102. The van der Waals surface area contributed by atoms with Gasteiger partial charge in [0.05, 0.1) is 23.8 Å². The normalized spacial score (nSPS) is 10.6. The SMILES string of the molecule is C=CCn1c(-c2sc(NC(=O)c3ccc(OCC)c(OCC)c3)nc2C)n[nH]c1=S. The molecular weight excluding hydrogens is 422 g/mol. The average molecular weight is 446 g/mol. The molecule has 0 saturated carbocycles. The minimum absolute atomic E-state index is 0.288. The fourth-order valence-electron chi connectivity index (χ4n) is 2.81. The highest BCUT2D eigenvalue weighted by atomic mass is 32.1. The number of nitrogens with one attached hydrogen (secondary N) is 2. The van der Waals surface area contributed by atoms with Crippen molar-refractivity contribution in [3.63, 3.8) is 0 Å². The van der Waals surface area contributed by atoms with Crippen molar-refractivity contribution >= 4 is 34.6 Å². The molecule has 30 heavy (non-hydrogen) atoms. The summed E-state index contributed by atoms with van der Waals surface area (Å²) in [6, 6.07) is 5.09. The summed E-state index contributed by atoms with van der Waals surface area (Å²) >= 11 is 6.61. The number of nitrogens with zero attached hydrogens (tertiary/aromatic N) is 3. The van der Waals surface area contributed by atoms with Crippen molar-refractivity contribution in [3.05, 3.63) is 46.9 Å². The van der Waals surface area contributed by atoms with E-state index >= 15 is 0 Å². The van der Waals surface area contributed by atoms with Gasteiger partial charge in [-0.25, -0.2) is 4.98 Å². The molecule has 2 heterocycles. The van der Waals surface area contributed by atoms with Gasteiger partial charge >= 0.3 is 0 Å². The molecule has 158 valence electrons. The number of H-pyrrole nitrogens is 1. The number of aromatic nitrogens is 4. The van der Waals surface area contributed by atoms with Crippen LogP contribution in [-0.2, 0) is 6.54 Å². The number of carbonyl (C=O) groups excluding carboxylic acids is 1. The van der Waals surface area contributed by atoms with E-state index in [1.807, 2.05) is 25.3 Å². The summed E-state index contributed by atoms with van der Waals surface area (Å²) < 4.78 is 13.5. The number of hydrogen-bond donors (Lipinski definition) is 2. The van der Waals surface area contributed by atoms with Crippen molar-refractivity contribution in [2.75, 3.05) is 18.5 Å². The highest BCUT2D eigenvalue weighted by Crippen LogP contribution is 2.33. The smallest absolute Gasteiger partial charge is 0.257 e. The van der Waals surface area contributed by atoms with Gasteiger partial charge in [-0.05, 0) is 51.2 Å². The van der Waals surface area contributed by atoms with E-state index in [2.05, 4.69) is 27.1 Å². The highest BCUT2D eigenvalue weighted by molar-refractivity contribution is 7.71. The Hall–Kier alpha value is -2.98. The summed E-state index contributed by atoms with van der Waals surface area (Å²) in [4.78, 5) is 18.1. The molecule has 0 aliphatic heterocycles. The maximum atomic E-state index is 12.8. The Bertz CT molecular complexity index is 1120. The first kappa shape index (κ1) is 21.7. The molecule has 3 aromatic rings. The molecule has 0 fully saturated rings. The number of allylic oxidation sites excluding steroid dienone is 1.